The highest BCUT2D eigenvalue weighted by atomic mass is 16.3. The van der Waals surface area contributed by atoms with Crippen LogP contribution >= 0.6 is 0 Å². The van der Waals surface area contributed by atoms with Crippen molar-refractivity contribution in [2.75, 3.05) is 13.2 Å². The van der Waals surface area contributed by atoms with Crippen molar-refractivity contribution in [2.45, 2.75) is 13.3 Å². The molecule has 1 fully saturated rings. The molecule has 3 atom stereocenters. The average Bonchev–Trinajstić information content (AvgIpc) is 2.64. The molecular formula is C10H16O2. The van der Waals surface area contributed by atoms with Crippen LogP contribution in [0.15, 0.2) is 12.2 Å². The molecule has 2 heteroatoms. The lowest BCUT2D eigenvalue weighted by Gasteiger charge is -2.37. The molecule has 68 valence electrons. The zero-order valence-electron chi connectivity index (χ0n) is 7.40. The van der Waals surface area contributed by atoms with Crippen molar-refractivity contribution in [1.29, 1.82) is 0 Å². The average molecular weight is 168 g/mol. The van der Waals surface area contributed by atoms with Gasteiger partial charge in [0.05, 0.1) is 13.2 Å². The van der Waals surface area contributed by atoms with E-state index < -0.39 is 0 Å². The topological polar surface area (TPSA) is 40.5 Å². The molecule has 0 spiro atoms. The summed E-state index contributed by atoms with van der Waals surface area (Å²) in [4.78, 5) is 0. The zero-order chi connectivity index (χ0) is 8.77. The number of allylic oxidation sites excluding steroid dienone is 2. The van der Waals surface area contributed by atoms with E-state index >= 15 is 0 Å². The molecule has 3 unspecified atom stereocenters. The van der Waals surface area contributed by atoms with Crippen molar-refractivity contribution in [3.05, 3.63) is 12.2 Å². The summed E-state index contributed by atoms with van der Waals surface area (Å²) in [6.45, 7) is 2.38. The molecule has 0 amide bonds. The monoisotopic (exact) mass is 168 g/mol. The minimum Gasteiger partial charge on any atom is -0.396 e. The molecule has 2 aliphatic carbocycles. The summed E-state index contributed by atoms with van der Waals surface area (Å²) >= 11 is 0. The fraction of sp³-hybridized carbons (Fsp3) is 0.800. The molecule has 0 aliphatic heterocycles. The Morgan fingerprint density at radius 1 is 1.33 bits per heavy atom. The van der Waals surface area contributed by atoms with E-state index in [2.05, 4.69) is 19.1 Å². The predicted octanol–water partition coefficient (Wildman–Crippen LogP) is 0.799. The van der Waals surface area contributed by atoms with E-state index in [4.69, 9.17) is 0 Å². The summed E-state index contributed by atoms with van der Waals surface area (Å²) in [6, 6.07) is 0. The van der Waals surface area contributed by atoms with E-state index in [1.165, 1.54) is 0 Å². The highest BCUT2D eigenvalue weighted by Gasteiger charge is 2.52. The molecule has 2 nitrogen and oxygen atoms in total. The minimum absolute atomic E-state index is 0.121. The van der Waals surface area contributed by atoms with Gasteiger partial charge < -0.3 is 10.2 Å². The maximum atomic E-state index is 9.32. The lowest BCUT2D eigenvalue weighted by molar-refractivity contribution is -0.000970. The van der Waals surface area contributed by atoms with E-state index in [0.29, 0.717) is 17.8 Å². The smallest absolute Gasteiger partial charge is 0.0517 e. The van der Waals surface area contributed by atoms with Gasteiger partial charge in [-0.25, -0.2) is 0 Å². The van der Waals surface area contributed by atoms with Crippen LogP contribution in [0.1, 0.15) is 13.3 Å². The van der Waals surface area contributed by atoms with E-state index in [0.717, 1.165) is 6.42 Å². The second kappa shape index (κ2) is 2.57. The van der Waals surface area contributed by atoms with Crippen LogP contribution in [0.3, 0.4) is 0 Å². The quantitative estimate of drug-likeness (QED) is 0.599. The summed E-state index contributed by atoms with van der Waals surface area (Å²) in [6.07, 6.45) is 5.53. The maximum Gasteiger partial charge on any atom is 0.0517 e. The van der Waals surface area contributed by atoms with Gasteiger partial charge in [-0.05, 0) is 24.2 Å². The van der Waals surface area contributed by atoms with E-state index in [1.807, 2.05) is 0 Å². The maximum absolute atomic E-state index is 9.32. The standard InChI is InChI=1S/C10H16O2/c1-7-8-2-3-9(4-8)10(7,5-11)6-12/h2-3,7-9,11-12H,4-6H2,1H3. The first-order valence-corrected chi connectivity index (χ1v) is 4.64. The highest BCUT2D eigenvalue weighted by molar-refractivity contribution is 5.18. The molecule has 0 aromatic rings. The third kappa shape index (κ3) is 0.771. The molecule has 2 N–H and O–H groups in total. The van der Waals surface area contributed by atoms with Crippen LogP contribution in [0.25, 0.3) is 0 Å². The Bertz CT molecular complexity index is 206. The van der Waals surface area contributed by atoms with Crippen LogP contribution < -0.4 is 0 Å². The van der Waals surface area contributed by atoms with Crippen molar-refractivity contribution in [3.8, 4) is 0 Å². The van der Waals surface area contributed by atoms with Gasteiger partial charge in [0.25, 0.3) is 0 Å². The largest absolute Gasteiger partial charge is 0.396 e. The molecule has 12 heavy (non-hydrogen) atoms. The number of aliphatic hydroxyl groups excluding tert-OH is 2. The van der Waals surface area contributed by atoms with E-state index in [-0.39, 0.29) is 18.6 Å². The third-order valence-electron chi connectivity index (χ3n) is 3.99. The third-order valence-corrected chi connectivity index (χ3v) is 3.99. The Labute approximate surface area is 72.9 Å². The van der Waals surface area contributed by atoms with Crippen molar-refractivity contribution >= 4 is 0 Å². The van der Waals surface area contributed by atoms with Gasteiger partial charge >= 0.3 is 0 Å². The van der Waals surface area contributed by atoms with Gasteiger partial charge in [0.1, 0.15) is 0 Å². The molecule has 1 saturated carbocycles. The summed E-state index contributed by atoms with van der Waals surface area (Å²) in [5.41, 5.74) is -0.223. The SMILES string of the molecule is CC1C2C=CC(C2)C1(CO)CO. The summed E-state index contributed by atoms with van der Waals surface area (Å²) < 4.78 is 0. The fourth-order valence-corrected chi connectivity index (χ4v) is 2.86. The number of fused-ring (bicyclic) bond motifs is 2. The summed E-state index contributed by atoms with van der Waals surface area (Å²) in [7, 11) is 0. The van der Waals surface area contributed by atoms with Crippen LogP contribution in [-0.4, -0.2) is 23.4 Å². The van der Waals surface area contributed by atoms with Crippen LogP contribution in [0.2, 0.25) is 0 Å². The Balaban J connectivity index is 2.31. The van der Waals surface area contributed by atoms with E-state index in [9.17, 15) is 10.2 Å². The Kier molecular flexibility index (Phi) is 1.77. The van der Waals surface area contributed by atoms with Gasteiger partial charge in [-0.3, -0.25) is 0 Å². The molecule has 0 aromatic carbocycles. The number of rotatable bonds is 2. The van der Waals surface area contributed by atoms with Crippen LogP contribution in [0, 0.1) is 23.2 Å². The fourth-order valence-electron chi connectivity index (χ4n) is 2.86. The summed E-state index contributed by atoms with van der Waals surface area (Å²) in [5, 5.41) is 18.6. The molecule has 0 aromatic heterocycles. The van der Waals surface area contributed by atoms with Gasteiger partial charge in [-0.1, -0.05) is 19.1 Å². The Morgan fingerprint density at radius 2 is 2.00 bits per heavy atom. The van der Waals surface area contributed by atoms with Crippen LogP contribution in [0.5, 0.6) is 0 Å². The lowest BCUT2D eigenvalue weighted by Crippen LogP contribution is -2.40. The van der Waals surface area contributed by atoms with Crippen molar-refractivity contribution < 1.29 is 10.2 Å². The first-order valence-electron chi connectivity index (χ1n) is 4.64. The molecule has 0 radical (unpaired) electrons. The second-order valence-corrected chi connectivity index (χ2v) is 4.23. The van der Waals surface area contributed by atoms with Crippen LogP contribution in [-0.2, 0) is 0 Å². The van der Waals surface area contributed by atoms with Crippen LogP contribution in [0.4, 0.5) is 0 Å². The number of hydrogen-bond donors (Lipinski definition) is 2. The predicted molar refractivity (Wildman–Crippen MR) is 46.5 cm³/mol. The van der Waals surface area contributed by atoms with Gasteiger partial charge in [0.15, 0.2) is 0 Å². The van der Waals surface area contributed by atoms with E-state index in [1.54, 1.807) is 0 Å². The Hall–Kier alpha value is -0.340. The van der Waals surface area contributed by atoms with Gasteiger partial charge in [-0.2, -0.15) is 0 Å². The van der Waals surface area contributed by atoms with Crippen molar-refractivity contribution in [2.24, 2.45) is 23.2 Å². The van der Waals surface area contributed by atoms with Crippen molar-refractivity contribution in [1.82, 2.24) is 0 Å². The summed E-state index contributed by atoms with van der Waals surface area (Å²) in [5.74, 6) is 1.43. The number of hydrogen-bond acceptors (Lipinski definition) is 2. The Morgan fingerprint density at radius 3 is 2.33 bits per heavy atom. The first-order chi connectivity index (χ1) is 5.74. The molecule has 2 bridgehead atoms. The first kappa shape index (κ1) is 8.27. The van der Waals surface area contributed by atoms with Gasteiger partial charge in [-0.15, -0.1) is 0 Å². The van der Waals surface area contributed by atoms with Gasteiger partial charge in [0, 0.05) is 5.41 Å². The lowest BCUT2D eigenvalue weighted by atomic mass is 9.70. The second-order valence-electron chi connectivity index (χ2n) is 4.23. The molecule has 2 aliphatic rings. The number of aliphatic hydroxyl groups is 2. The van der Waals surface area contributed by atoms with Crippen molar-refractivity contribution in [3.63, 3.8) is 0 Å². The minimum atomic E-state index is -0.223. The molecule has 2 rings (SSSR count). The zero-order valence-corrected chi connectivity index (χ0v) is 7.40. The molecule has 0 heterocycles. The normalized spacial score (nSPS) is 42.4. The highest BCUT2D eigenvalue weighted by Crippen LogP contribution is 2.55. The van der Waals surface area contributed by atoms with Gasteiger partial charge in [0.2, 0.25) is 0 Å². The molecular weight excluding hydrogens is 152 g/mol. The molecule has 0 saturated heterocycles.